The standard InChI is InChI=1S/C18H29N3O2.ClH/c1-15(16-6-3-4-7-17(16)23-2)14-18(22)20-8-5-11-21-12-9-19-10-13-21;/h3-4,6-7,15,19H,5,8-14H2,1-2H3,(H,20,22);1H. The van der Waals surface area contributed by atoms with Gasteiger partial charge in [0.15, 0.2) is 0 Å². The highest BCUT2D eigenvalue weighted by atomic mass is 35.5. The Bertz CT molecular complexity index is 493. The Morgan fingerprint density at radius 1 is 1.33 bits per heavy atom. The van der Waals surface area contributed by atoms with Gasteiger partial charge in [0, 0.05) is 39.1 Å². The Kier molecular flexibility index (Phi) is 9.76. The van der Waals surface area contributed by atoms with Crippen LogP contribution >= 0.6 is 12.4 Å². The summed E-state index contributed by atoms with van der Waals surface area (Å²) in [6.45, 7) is 8.24. The lowest BCUT2D eigenvalue weighted by Crippen LogP contribution is -2.44. The predicted octanol–water partition coefficient (Wildman–Crippen LogP) is 2.02. The van der Waals surface area contributed by atoms with Crippen molar-refractivity contribution in [2.45, 2.75) is 25.7 Å². The van der Waals surface area contributed by atoms with Gasteiger partial charge in [-0.15, -0.1) is 12.4 Å². The molecule has 1 saturated heterocycles. The Morgan fingerprint density at radius 2 is 2.04 bits per heavy atom. The van der Waals surface area contributed by atoms with Crippen LogP contribution in [0.3, 0.4) is 0 Å². The highest BCUT2D eigenvalue weighted by Gasteiger charge is 2.15. The highest BCUT2D eigenvalue weighted by molar-refractivity contribution is 5.85. The van der Waals surface area contributed by atoms with Crippen LogP contribution in [-0.2, 0) is 4.79 Å². The third-order valence-corrected chi connectivity index (χ3v) is 4.34. The lowest BCUT2D eigenvalue weighted by molar-refractivity contribution is -0.121. The molecule has 136 valence electrons. The molecule has 1 amide bonds. The van der Waals surface area contributed by atoms with Crippen molar-refractivity contribution < 1.29 is 9.53 Å². The molecule has 0 bridgehead atoms. The molecule has 6 heteroatoms. The number of nitrogens with one attached hydrogen (secondary N) is 2. The topological polar surface area (TPSA) is 53.6 Å². The zero-order valence-electron chi connectivity index (χ0n) is 14.7. The molecule has 0 radical (unpaired) electrons. The number of carbonyl (C=O) groups is 1. The average Bonchev–Trinajstić information content (AvgIpc) is 2.59. The summed E-state index contributed by atoms with van der Waals surface area (Å²) in [7, 11) is 1.67. The maximum Gasteiger partial charge on any atom is 0.220 e. The molecule has 1 heterocycles. The van der Waals surface area contributed by atoms with E-state index in [1.54, 1.807) is 7.11 Å². The number of ether oxygens (including phenoxy) is 1. The van der Waals surface area contributed by atoms with Crippen LogP contribution in [0.15, 0.2) is 24.3 Å². The van der Waals surface area contributed by atoms with Gasteiger partial charge in [-0.05, 0) is 30.5 Å². The summed E-state index contributed by atoms with van der Waals surface area (Å²) in [5.41, 5.74) is 1.09. The van der Waals surface area contributed by atoms with Gasteiger partial charge in [-0.2, -0.15) is 0 Å². The van der Waals surface area contributed by atoms with Crippen LogP contribution in [0.25, 0.3) is 0 Å². The molecule has 2 N–H and O–H groups in total. The zero-order chi connectivity index (χ0) is 16.5. The van der Waals surface area contributed by atoms with Crippen molar-refractivity contribution in [3.05, 3.63) is 29.8 Å². The first-order chi connectivity index (χ1) is 11.2. The second kappa shape index (κ2) is 11.3. The largest absolute Gasteiger partial charge is 0.496 e. The second-order valence-corrected chi connectivity index (χ2v) is 6.14. The minimum Gasteiger partial charge on any atom is -0.496 e. The molecule has 0 aliphatic carbocycles. The van der Waals surface area contributed by atoms with Crippen molar-refractivity contribution >= 4 is 18.3 Å². The van der Waals surface area contributed by atoms with E-state index in [4.69, 9.17) is 4.74 Å². The molecule has 1 fully saturated rings. The molecular formula is C18H30ClN3O2. The first-order valence-corrected chi connectivity index (χ1v) is 8.53. The van der Waals surface area contributed by atoms with E-state index in [9.17, 15) is 4.79 Å². The summed E-state index contributed by atoms with van der Waals surface area (Å²) in [5, 5.41) is 6.39. The molecule has 1 aliphatic heterocycles. The Morgan fingerprint density at radius 3 is 2.75 bits per heavy atom. The number of benzene rings is 1. The van der Waals surface area contributed by atoms with Crippen LogP contribution in [0.4, 0.5) is 0 Å². The van der Waals surface area contributed by atoms with Crippen LogP contribution in [-0.4, -0.2) is 57.2 Å². The number of para-hydroxylation sites is 1. The predicted molar refractivity (Wildman–Crippen MR) is 100 cm³/mol. The van der Waals surface area contributed by atoms with Crippen molar-refractivity contribution in [1.82, 2.24) is 15.5 Å². The number of nitrogens with zero attached hydrogens (tertiary/aromatic N) is 1. The van der Waals surface area contributed by atoms with E-state index >= 15 is 0 Å². The molecular weight excluding hydrogens is 326 g/mol. The van der Waals surface area contributed by atoms with Gasteiger partial charge in [-0.1, -0.05) is 25.1 Å². The number of hydrogen-bond acceptors (Lipinski definition) is 4. The fourth-order valence-electron chi connectivity index (χ4n) is 3.00. The van der Waals surface area contributed by atoms with Crippen LogP contribution < -0.4 is 15.4 Å². The summed E-state index contributed by atoms with van der Waals surface area (Å²) in [6.07, 6.45) is 1.50. The van der Waals surface area contributed by atoms with E-state index < -0.39 is 0 Å². The number of halogens is 1. The fraction of sp³-hybridized carbons (Fsp3) is 0.611. The first kappa shape index (κ1) is 20.7. The zero-order valence-corrected chi connectivity index (χ0v) is 15.5. The Balaban J connectivity index is 0.00000288. The summed E-state index contributed by atoms with van der Waals surface area (Å²) in [4.78, 5) is 14.5. The third kappa shape index (κ3) is 6.67. The SMILES string of the molecule is COc1ccccc1C(C)CC(=O)NCCCN1CCNCC1.Cl. The fourth-order valence-corrected chi connectivity index (χ4v) is 3.00. The first-order valence-electron chi connectivity index (χ1n) is 8.53. The molecule has 2 rings (SSSR count). The number of methoxy groups -OCH3 is 1. The second-order valence-electron chi connectivity index (χ2n) is 6.14. The van der Waals surface area contributed by atoms with E-state index in [2.05, 4.69) is 22.5 Å². The number of amides is 1. The van der Waals surface area contributed by atoms with Gasteiger partial charge in [0.1, 0.15) is 5.75 Å². The molecule has 1 atom stereocenters. The van der Waals surface area contributed by atoms with Crippen molar-refractivity contribution in [2.24, 2.45) is 0 Å². The number of hydrogen-bond donors (Lipinski definition) is 2. The van der Waals surface area contributed by atoms with Gasteiger partial charge < -0.3 is 20.3 Å². The Labute approximate surface area is 151 Å². The van der Waals surface area contributed by atoms with Crippen LogP contribution in [0.5, 0.6) is 5.75 Å². The molecule has 0 aromatic heterocycles. The molecule has 1 aromatic rings. The highest BCUT2D eigenvalue weighted by Crippen LogP contribution is 2.28. The van der Waals surface area contributed by atoms with E-state index in [0.29, 0.717) is 6.42 Å². The smallest absolute Gasteiger partial charge is 0.220 e. The van der Waals surface area contributed by atoms with Crippen LogP contribution in [0.1, 0.15) is 31.2 Å². The minimum absolute atomic E-state index is 0. The maximum absolute atomic E-state index is 12.1. The molecule has 1 aromatic carbocycles. The quantitative estimate of drug-likeness (QED) is 0.700. The van der Waals surface area contributed by atoms with Crippen molar-refractivity contribution in [1.29, 1.82) is 0 Å². The number of rotatable bonds is 8. The van der Waals surface area contributed by atoms with Gasteiger partial charge in [0.05, 0.1) is 7.11 Å². The van der Waals surface area contributed by atoms with Crippen molar-refractivity contribution in [2.75, 3.05) is 46.4 Å². The summed E-state index contributed by atoms with van der Waals surface area (Å²) in [5.74, 6) is 1.12. The molecule has 0 spiro atoms. The molecule has 5 nitrogen and oxygen atoms in total. The van der Waals surface area contributed by atoms with E-state index in [0.717, 1.165) is 57.0 Å². The molecule has 1 aliphatic rings. The van der Waals surface area contributed by atoms with Gasteiger partial charge in [-0.25, -0.2) is 0 Å². The van der Waals surface area contributed by atoms with Crippen LogP contribution in [0, 0.1) is 0 Å². The third-order valence-electron chi connectivity index (χ3n) is 4.34. The van der Waals surface area contributed by atoms with Crippen molar-refractivity contribution in [3.63, 3.8) is 0 Å². The van der Waals surface area contributed by atoms with E-state index in [1.807, 2.05) is 24.3 Å². The maximum atomic E-state index is 12.1. The Hall–Kier alpha value is -1.30. The lowest BCUT2D eigenvalue weighted by Gasteiger charge is -2.27. The van der Waals surface area contributed by atoms with Crippen LogP contribution in [0.2, 0.25) is 0 Å². The van der Waals surface area contributed by atoms with Gasteiger partial charge >= 0.3 is 0 Å². The average molecular weight is 356 g/mol. The number of carbonyl (C=O) groups excluding carboxylic acids is 1. The summed E-state index contributed by atoms with van der Waals surface area (Å²) >= 11 is 0. The van der Waals surface area contributed by atoms with Gasteiger partial charge in [0.2, 0.25) is 5.91 Å². The van der Waals surface area contributed by atoms with E-state index in [1.165, 1.54) is 0 Å². The number of piperazine rings is 1. The van der Waals surface area contributed by atoms with Crippen molar-refractivity contribution in [3.8, 4) is 5.75 Å². The molecule has 1 unspecified atom stereocenters. The molecule has 0 saturated carbocycles. The monoisotopic (exact) mass is 355 g/mol. The summed E-state index contributed by atoms with van der Waals surface area (Å²) < 4.78 is 5.37. The van der Waals surface area contributed by atoms with Gasteiger partial charge in [-0.3, -0.25) is 4.79 Å². The molecule has 24 heavy (non-hydrogen) atoms. The van der Waals surface area contributed by atoms with Gasteiger partial charge in [0.25, 0.3) is 0 Å². The normalized spacial score (nSPS) is 16.1. The minimum atomic E-state index is 0. The summed E-state index contributed by atoms with van der Waals surface area (Å²) in [6, 6.07) is 7.91. The van der Waals surface area contributed by atoms with E-state index in [-0.39, 0.29) is 24.2 Å². The lowest BCUT2D eigenvalue weighted by atomic mass is 9.96.